The minimum Gasteiger partial charge on any atom is -0.206 e. The van der Waals surface area contributed by atoms with Gasteiger partial charge in [0.15, 0.2) is 0 Å². The Morgan fingerprint density at radius 3 is 2.67 bits per heavy atom. The van der Waals surface area contributed by atoms with Crippen LogP contribution in [0.25, 0.3) is 0 Å². The summed E-state index contributed by atoms with van der Waals surface area (Å²) >= 11 is 1.17. The Labute approximate surface area is 112 Å². The third-order valence-corrected chi connectivity index (χ3v) is 6.37. The minimum absolute atomic E-state index is 0.274. The van der Waals surface area contributed by atoms with Crippen molar-refractivity contribution in [1.82, 2.24) is 4.72 Å². The van der Waals surface area contributed by atoms with Crippen molar-refractivity contribution in [2.45, 2.75) is 42.4 Å². The molecule has 6 heteroatoms. The van der Waals surface area contributed by atoms with E-state index in [1.807, 2.05) is 0 Å². The molecule has 1 aromatic rings. The summed E-state index contributed by atoms with van der Waals surface area (Å²) in [6.45, 7) is 2.13. The molecule has 1 fully saturated rings. The van der Waals surface area contributed by atoms with Gasteiger partial charge in [-0.1, -0.05) is 13.0 Å². The van der Waals surface area contributed by atoms with E-state index in [1.54, 1.807) is 17.5 Å². The van der Waals surface area contributed by atoms with Crippen molar-refractivity contribution in [2.75, 3.05) is 0 Å². The van der Waals surface area contributed by atoms with E-state index in [4.69, 9.17) is 0 Å². The average Bonchev–Trinajstić information content (AvgIpc) is 2.87. The molecule has 1 saturated carbocycles. The molecule has 0 aliphatic heterocycles. The molecule has 0 unspecified atom stereocenters. The number of nitriles is 1. The first-order valence-corrected chi connectivity index (χ1v) is 8.32. The molecule has 0 aromatic carbocycles. The van der Waals surface area contributed by atoms with Gasteiger partial charge in [0, 0.05) is 0 Å². The summed E-state index contributed by atoms with van der Waals surface area (Å²) in [6.07, 6.45) is 2.96. The maximum Gasteiger partial charge on any atom is 0.251 e. The van der Waals surface area contributed by atoms with Crippen LogP contribution >= 0.6 is 11.3 Å². The first-order chi connectivity index (χ1) is 8.47. The predicted octanol–water partition coefficient (Wildman–Crippen LogP) is 2.50. The molecule has 0 saturated heterocycles. The number of nitrogens with one attached hydrogen (secondary N) is 1. The second-order valence-corrected chi connectivity index (χ2v) is 7.77. The zero-order valence-electron chi connectivity index (χ0n) is 10.2. The van der Waals surface area contributed by atoms with Crippen molar-refractivity contribution in [3.8, 4) is 6.07 Å². The topological polar surface area (TPSA) is 70.0 Å². The highest BCUT2D eigenvalue weighted by Gasteiger charge is 2.38. The van der Waals surface area contributed by atoms with Gasteiger partial charge in [0.05, 0.1) is 6.07 Å². The molecule has 98 valence electrons. The molecule has 18 heavy (non-hydrogen) atoms. The molecule has 1 aliphatic rings. The van der Waals surface area contributed by atoms with Gasteiger partial charge in [-0.2, -0.15) is 9.98 Å². The van der Waals surface area contributed by atoms with Gasteiger partial charge in [-0.25, -0.2) is 8.42 Å². The quantitative estimate of drug-likeness (QED) is 0.927. The normalized spacial score (nSPS) is 28.8. The fourth-order valence-electron chi connectivity index (χ4n) is 2.22. The number of nitrogens with zero attached hydrogens (tertiary/aromatic N) is 1. The van der Waals surface area contributed by atoms with E-state index >= 15 is 0 Å². The van der Waals surface area contributed by atoms with Crippen LogP contribution in [-0.2, 0) is 10.0 Å². The predicted molar refractivity (Wildman–Crippen MR) is 70.6 cm³/mol. The zero-order valence-corrected chi connectivity index (χ0v) is 11.9. The summed E-state index contributed by atoms with van der Waals surface area (Å²) in [7, 11) is -3.56. The molecule has 4 nitrogen and oxygen atoms in total. The summed E-state index contributed by atoms with van der Waals surface area (Å²) in [4.78, 5) is 0. The van der Waals surface area contributed by atoms with Gasteiger partial charge in [-0.15, -0.1) is 11.3 Å². The summed E-state index contributed by atoms with van der Waals surface area (Å²) < 4.78 is 27.2. The van der Waals surface area contributed by atoms with E-state index in [-0.39, 0.29) is 4.21 Å². The fourth-order valence-corrected chi connectivity index (χ4v) is 4.58. The van der Waals surface area contributed by atoms with Gasteiger partial charge in [-0.05, 0) is 43.0 Å². The lowest BCUT2D eigenvalue weighted by molar-refractivity contribution is 0.278. The molecule has 0 atom stereocenters. The third kappa shape index (κ3) is 2.74. The molecule has 1 aromatic heterocycles. The Balaban J connectivity index is 2.20. The van der Waals surface area contributed by atoms with Crippen LogP contribution in [0.2, 0.25) is 0 Å². The number of sulfonamides is 1. The molecular formula is C12H16N2O2S2. The maximum absolute atomic E-state index is 12.2. The van der Waals surface area contributed by atoms with E-state index in [0.29, 0.717) is 18.8 Å². The van der Waals surface area contributed by atoms with Crippen LogP contribution in [0.4, 0.5) is 0 Å². The SMILES string of the molecule is CC1CCC(C#N)(NS(=O)(=O)c2cccs2)CC1. The van der Waals surface area contributed by atoms with Gasteiger partial charge in [-0.3, -0.25) is 0 Å². The maximum atomic E-state index is 12.2. The van der Waals surface area contributed by atoms with E-state index in [0.717, 1.165) is 12.8 Å². The molecule has 2 rings (SSSR count). The third-order valence-electron chi connectivity index (χ3n) is 3.43. The molecule has 1 heterocycles. The second kappa shape index (κ2) is 5.00. The molecule has 0 radical (unpaired) electrons. The van der Waals surface area contributed by atoms with Crippen molar-refractivity contribution in [1.29, 1.82) is 5.26 Å². The number of rotatable bonds is 3. The fraction of sp³-hybridized carbons (Fsp3) is 0.583. The van der Waals surface area contributed by atoms with Crippen molar-refractivity contribution in [3.63, 3.8) is 0 Å². The highest BCUT2D eigenvalue weighted by Crippen LogP contribution is 2.33. The standard InChI is InChI=1S/C12H16N2O2S2/c1-10-4-6-12(9-13,7-5-10)14-18(15,16)11-3-2-8-17-11/h2-3,8,10,14H,4-7H2,1H3. The van der Waals surface area contributed by atoms with Crippen LogP contribution in [0.3, 0.4) is 0 Å². The Kier molecular flexibility index (Phi) is 3.76. The van der Waals surface area contributed by atoms with E-state index < -0.39 is 15.6 Å². The van der Waals surface area contributed by atoms with E-state index in [2.05, 4.69) is 17.7 Å². The molecular weight excluding hydrogens is 268 g/mol. The largest absolute Gasteiger partial charge is 0.251 e. The second-order valence-electron chi connectivity index (χ2n) is 4.91. The summed E-state index contributed by atoms with van der Waals surface area (Å²) in [5.74, 6) is 0.567. The highest BCUT2D eigenvalue weighted by atomic mass is 32.2. The van der Waals surface area contributed by atoms with Crippen molar-refractivity contribution < 1.29 is 8.42 Å². The highest BCUT2D eigenvalue weighted by molar-refractivity contribution is 7.91. The Morgan fingerprint density at radius 1 is 1.50 bits per heavy atom. The number of thiophene rings is 1. The van der Waals surface area contributed by atoms with Gasteiger partial charge in [0.25, 0.3) is 10.0 Å². The monoisotopic (exact) mass is 284 g/mol. The van der Waals surface area contributed by atoms with Crippen LogP contribution in [0.1, 0.15) is 32.6 Å². The van der Waals surface area contributed by atoms with Crippen LogP contribution in [0.15, 0.2) is 21.7 Å². The van der Waals surface area contributed by atoms with Crippen LogP contribution in [0.5, 0.6) is 0 Å². The summed E-state index contributed by atoms with van der Waals surface area (Å²) in [5.41, 5.74) is -0.921. The summed E-state index contributed by atoms with van der Waals surface area (Å²) in [6, 6.07) is 5.43. The Hall–Kier alpha value is -0.900. The van der Waals surface area contributed by atoms with Gasteiger partial charge >= 0.3 is 0 Å². The lowest BCUT2D eigenvalue weighted by atomic mass is 9.79. The van der Waals surface area contributed by atoms with Gasteiger partial charge in [0.2, 0.25) is 0 Å². The molecule has 1 aliphatic carbocycles. The smallest absolute Gasteiger partial charge is 0.206 e. The van der Waals surface area contributed by atoms with E-state index in [9.17, 15) is 13.7 Å². The van der Waals surface area contributed by atoms with E-state index in [1.165, 1.54) is 11.3 Å². The first-order valence-electron chi connectivity index (χ1n) is 5.96. The van der Waals surface area contributed by atoms with Crippen LogP contribution in [0, 0.1) is 17.2 Å². The van der Waals surface area contributed by atoms with Crippen molar-refractivity contribution in [3.05, 3.63) is 17.5 Å². The first kappa shape index (κ1) is 13.5. The van der Waals surface area contributed by atoms with Crippen LogP contribution < -0.4 is 4.72 Å². The molecule has 0 bridgehead atoms. The Morgan fingerprint density at radius 2 is 2.17 bits per heavy atom. The van der Waals surface area contributed by atoms with Crippen LogP contribution in [-0.4, -0.2) is 14.0 Å². The number of hydrogen-bond donors (Lipinski definition) is 1. The summed E-state index contributed by atoms with van der Waals surface area (Å²) in [5, 5.41) is 11.0. The average molecular weight is 284 g/mol. The Bertz CT molecular complexity index is 535. The molecule has 0 spiro atoms. The van der Waals surface area contributed by atoms with Gasteiger partial charge in [0.1, 0.15) is 9.75 Å². The van der Waals surface area contributed by atoms with Gasteiger partial charge < -0.3 is 0 Å². The molecule has 0 amide bonds. The number of hydrogen-bond acceptors (Lipinski definition) is 4. The lowest BCUT2D eigenvalue weighted by Crippen LogP contribution is -2.49. The minimum atomic E-state index is -3.56. The molecule has 1 N–H and O–H groups in total. The van der Waals surface area contributed by atoms with Crippen molar-refractivity contribution in [2.24, 2.45) is 5.92 Å². The zero-order chi connectivity index (χ0) is 13.2. The lowest BCUT2D eigenvalue weighted by Gasteiger charge is -2.33. The van der Waals surface area contributed by atoms with Crippen molar-refractivity contribution >= 4 is 21.4 Å².